The van der Waals surface area contributed by atoms with Crippen LogP contribution in [0.2, 0.25) is 0 Å². The average Bonchev–Trinajstić information content (AvgIpc) is 3.18. The zero-order valence-corrected chi connectivity index (χ0v) is 15.8. The van der Waals surface area contributed by atoms with Crippen LogP contribution in [0.25, 0.3) is 10.9 Å². The Morgan fingerprint density at radius 1 is 1.29 bits per heavy atom. The van der Waals surface area contributed by atoms with Crippen LogP contribution in [0.1, 0.15) is 25.7 Å². The van der Waals surface area contributed by atoms with Gasteiger partial charge in [-0.15, -0.1) is 0 Å². The summed E-state index contributed by atoms with van der Waals surface area (Å²) in [6.45, 7) is 2.67. The first-order chi connectivity index (χ1) is 13.6. The van der Waals surface area contributed by atoms with Crippen molar-refractivity contribution in [2.45, 2.75) is 37.8 Å². The number of carbonyl (C=O) groups excluding carboxylic acids is 1. The molecule has 4 rings (SSSR count). The number of likely N-dealkylation sites (tertiary alicyclic amines) is 2. The lowest BCUT2D eigenvalue weighted by atomic mass is 10.0. The van der Waals surface area contributed by atoms with Gasteiger partial charge in [-0.05, 0) is 43.9 Å². The third-order valence-corrected chi connectivity index (χ3v) is 5.71. The SMILES string of the molecule is N#C[C@@H]1CCCN1C(=O)CN1CCC(Nc2cc(F)cc3ncccc23)CC1. The Balaban J connectivity index is 1.34. The highest BCUT2D eigenvalue weighted by Crippen LogP contribution is 2.26. The van der Waals surface area contributed by atoms with Gasteiger partial charge in [-0.3, -0.25) is 14.7 Å². The molecule has 0 bridgehead atoms. The molecule has 0 radical (unpaired) electrons. The fraction of sp³-hybridized carbons (Fsp3) is 0.476. The van der Waals surface area contributed by atoms with Gasteiger partial charge in [0.05, 0.1) is 18.1 Å². The van der Waals surface area contributed by atoms with E-state index in [0.29, 0.717) is 18.6 Å². The second-order valence-electron chi connectivity index (χ2n) is 7.59. The highest BCUT2D eigenvalue weighted by molar-refractivity contribution is 5.91. The number of benzene rings is 1. The Hall–Kier alpha value is -2.72. The molecular formula is C21H24FN5O. The van der Waals surface area contributed by atoms with Gasteiger partial charge in [-0.2, -0.15) is 5.26 Å². The van der Waals surface area contributed by atoms with Crippen molar-refractivity contribution < 1.29 is 9.18 Å². The van der Waals surface area contributed by atoms with Crippen LogP contribution in [0.5, 0.6) is 0 Å². The minimum absolute atomic E-state index is 0.0534. The summed E-state index contributed by atoms with van der Waals surface area (Å²) in [6.07, 6.45) is 5.12. The van der Waals surface area contributed by atoms with E-state index in [-0.39, 0.29) is 23.8 Å². The fourth-order valence-corrected chi connectivity index (χ4v) is 4.20. The number of piperidine rings is 1. The predicted molar refractivity (Wildman–Crippen MR) is 105 cm³/mol. The summed E-state index contributed by atoms with van der Waals surface area (Å²) in [4.78, 5) is 20.6. The van der Waals surface area contributed by atoms with Gasteiger partial charge in [-0.1, -0.05) is 0 Å². The molecule has 0 unspecified atom stereocenters. The highest BCUT2D eigenvalue weighted by Gasteiger charge is 2.30. The summed E-state index contributed by atoms with van der Waals surface area (Å²) in [6, 6.07) is 8.96. The predicted octanol–water partition coefficient (Wildman–Crippen LogP) is 2.76. The number of aromatic nitrogens is 1. The Morgan fingerprint density at radius 2 is 2.11 bits per heavy atom. The maximum atomic E-state index is 13.9. The number of amides is 1. The number of halogens is 1. The number of nitrogens with one attached hydrogen (secondary N) is 1. The number of fused-ring (bicyclic) bond motifs is 1. The molecule has 1 aromatic heterocycles. The molecule has 2 aromatic rings. The molecule has 2 aliphatic rings. The van der Waals surface area contributed by atoms with Gasteiger partial charge in [0.2, 0.25) is 5.91 Å². The molecule has 0 aliphatic carbocycles. The molecular weight excluding hydrogens is 357 g/mol. The number of nitrogens with zero attached hydrogens (tertiary/aromatic N) is 4. The molecule has 2 saturated heterocycles. The molecule has 2 aliphatic heterocycles. The molecule has 1 aromatic carbocycles. The number of hydrogen-bond acceptors (Lipinski definition) is 5. The lowest BCUT2D eigenvalue weighted by Crippen LogP contribution is -2.46. The molecule has 3 heterocycles. The van der Waals surface area contributed by atoms with Crippen molar-refractivity contribution in [3.8, 4) is 6.07 Å². The van der Waals surface area contributed by atoms with E-state index >= 15 is 0 Å². The zero-order chi connectivity index (χ0) is 19.5. The van der Waals surface area contributed by atoms with Crippen LogP contribution in [-0.4, -0.2) is 59.0 Å². The summed E-state index contributed by atoms with van der Waals surface area (Å²) >= 11 is 0. The van der Waals surface area contributed by atoms with Crippen LogP contribution >= 0.6 is 0 Å². The van der Waals surface area contributed by atoms with Gasteiger partial charge in [0.25, 0.3) is 0 Å². The van der Waals surface area contributed by atoms with Crippen molar-refractivity contribution in [2.24, 2.45) is 0 Å². The topological polar surface area (TPSA) is 72.3 Å². The monoisotopic (exact) mass is 381 g/mol. The minimum atomic E-state index is -0.297. The number of carbonyl (C=O) groups is 1. The quantitative estimate of drug-likeness (QED) is 0.882. The lowest BCUT2D eigenvalue weighted by molar-refractivity contribution is -0.132. The van der Waals surface area contributed by atoms with E-state index in [1.807, 2.05) is 12.1 Å². The highest BCUT2D eigenvalue weighted by atomic mass is 19.1. The van der Waals surface area contributed by atoms with Crippen LogP contribution in [0.3, 0.4) is 0 Å². The van der Waals surface area contributed by atoms with E-state index in [2.05, 4.69) is 21.3 Å². The summed E-state index contributed by atoms with van der Waals surface area (Å²) in [5.41, 5.74) is 1.41. The number of pyridine rings is 1. The van der Waals surface area contributed by atoms with E-state index in [4.69, 9.17) is 5.26 Å². The van der Waals surface area contributed by atoms with Crippen molar-refractivity contribution in [3.63, 3.8) is 0 Å². The maximum Gasteiger partial charge on any atom is 0.237 e. The third-order valence-electron chi connectivity index (χ3n) is 5.71. The maximum absolute atomic E-state index is 13.9. The first-order valence-corrected chi connectivity index (χ1v) is 9.86. The molecule has 146 valence electrons. The Bertz CT molecular complexity index is 903. The van der Waals surface area contributed by atoms with E-state index < -0.39 is 0 Å². The molecule has 1 amide bonds. The van der Waals surface area contributed by atoms with Crippen LogP contribution in [-0.2, 0) is 4.79 Å². The Kier molecular flexibility index (Phi) is 5.40. The normalized spacial score (nSPS) is 21.0. The van der Waals surface area contributed by atoms with Crippen LogP contribution in [0.4, 0.5) is 10.1 Å². The fourth-order valence-electron chi connectivity index (χ4n) is 4.20. The molecule has 1 N–H and O–H groups in total. The van der Waals surface area contributed by atoms with E-state index in [0.717, 1.165) is 49.8 Å². The first kappa shape index (κ1) is 18.6. The van der Waals surface area contributed by atoms with Crippen molar-refractivity contribution in [1.82, 2.24) is 14.8 Å². The number of hydrogen-bond donors (Lipinski definition) is 1. The van der Waals surface area contributed by atoms with E-state index in [9.17, 15) is 9.18 Å². The largest absolute Gasteiger partial charge is 0.382 e. The van der Waals surface area contributed by atoms with Gasteiger partial charge in [0, 0.05) is 49.0 Å². The second-order valence-corrected chi connectivity index (χ2v) is 7.59. The van der Waals surface area contributed by atoms with Gasteiger partial charge >= 0.3 is 0 Å². The van der Waals surface area contributed by atoms with Gasteiger partial charge in [-0.25, -0.2) is 4.39 Å². The first-order valence-electron chi connectivity index (χ1n) is 9.86. The third kappa shape index (κ3) is 3.92. The summed E-state index contributed by atoms with van der Waals surface area (Å²) in [7, 11) is 0. The van der Waals surface area contributed by atoms with E-state index in [1.54, 1.807) is 11.1 Å². The standard InChI is InChI=1S/C21H24FN5O/c22-15-11-19-18(4-1-7-24-19)20(12-15)25-16-5-9-26(10-6-16)14-21(28)27-8-2-3-17(27)13-23/h1,4,7,11-12,16-17,25H,2-3,5-6,8-10,14H2/t17-/m0/s1. The van der Waals surface area contributed by atoms with Crippen molar-refractivity contribution in [1.29, 1.82) is 5.26 Å². The number of nitriles is 1. The molecule has 0 saturated carbocycles. The van der Waals surface area contributed by atoms with E-state index in [1.165, 1.54) is 12.1 Å². The molecule has 0 spiro atoms. The molecule has 6 nitrogen and oxygen atoms in total. The second kappa shape index (κ2) is 8.11. The van der Waals surface area contributed by atoms with Crippen LogP contribution in [0.15, 0.2) is 30.5 Å². The molecule has 28 heavy (non-hydrogen) atoms. The van der Waals surface area contributed by atoms with Gasteiger partial charge in [0.1, 0.15) is 11.9 Å². The molecule has 2 fully saturated rings. The zero-order valence-electron chi connectivity index (χ0n) is 15.8. The smallest absolute Gasteiger partial charge is 0.237 e. The van der Waals surface area contributed by atoms with Crippen molar-refractivity contribution in [3.05, 3.63) is 36.3 Å². The average molecular weight is 381 g/mol. The van der Waals surface area contributed by atoms with Crippen molar-refractivity contribution >= 4 is 22.5 Å². The molecule has 1 atom stereocenters. The van der Waals surface area contributed by atoms with Gasteiger partial charge in [0.15, 0.2) is 0 Å². The van der Waals surface area contributed by atoms with Gasteiger partial charge < -0.3 is 10.2 Å². The summed E-state index contributed by atoms with van der Waals surface area (Å²) in [5, 5.41) is 13.5. The lowest BCUT2D eigenvalue weighted by Gasteiger charge is -2.33. The number of anilines is 1. The number of rotatable bonds is 4. The Morgan fingerprint density at radius 3 is 2.89 bits per heavy atom. The Labute approximate surface area is 163 Å². The molecule has 7 heteroatoms. The minimum Gasteiger partial charge on any atom is -0.382 e. The van der Waals surface area contributed by atoms with Crippen molar-refractivity contribution in [2.75, 3.05) is 31.5 Å². The van der Waals surface area contributed by atoms with Crippen LogP contribution in [0, 0.1) is 17.1 Å². The summed E-state index contributed by atoms with van der Waals surface area (Å²) < 4.78 is 13.9. The van der Waals surface area contributed by atoms with Crippen LogP contribution < -0.4 is 5.32 Å². The summed E-state index contributed by atoms with van der Waals surface area (Å²) in [5.74, 6) is -0.243.